The molecule has 0 radical (unpaired) electrons. The molecule has 0 spiro atoms. The Kier molecular flexibility index (Phi) is 4.24. The molecule has 0 atom stereocenters. The maximum absolute atomic E-state index is 13.8. The highest BCUT2D eigenvalue weighted by Crippen LogP contribution is 2.31. The van der Waals surface area contributed by atoms with Crippen molar-refractivity contribution in [3.63, 3.8) is 0 Å². The summed E-state index contributed by atoms with van der Waals surface area (Å²) >= 11 is 0. The second kappa shape index (κ2) is 6.48. The zero-order chi connectivity index (χ0) is 16.2. The molecule has 0 saturated heterocycles. The van der Waals surface area contributed by atoms with Crippen molar-refractivity contribution in [3.8, 4) is 23.0 Å². The van der Waals surface area contributed by atoms with Gasteiger partial charge in [-0.1, -0.05) is 24.3 Å². The lowest BCUT2D eigenvalue weighted by molar-refractivity contribution is 0.403. The summed E-state index contributed by atoms with van der Waals surface area (Å²) < 4.78 is 38.7. The quantitative estimate of drug-likeness (QED) is 0.601. The molecule has 0 unspecified atom stereocenters. The number of hydrogen-bond acceptors (Lipinski definition) is 2. The maximum Gasteiger partial charge on any atom is 0.198 e. The third-order valence-corrected chi connectivity index (χ3v) is 3.15. The van der Waals surface area contributed by atoms with Crippen LogP contribution >= 0.6 is 0 Å². The third-order valence-electron chi connectivity index (χ3n) is 3.15. The van der Waals surface area contributed by atoms with Gasteiger partial charge in [0, 0.05) is 6.07 Å². The average molecular weight is 312 g/mol. The van der Waals surface area contributed by atoms with Crippen molar-refractivity contribution >= 4 is 0 Å². The van der Waals surface area contributed by atoms with Crippen molar-refractivity contribution in [1.82, 2.24) is 0 Å². The standard InChI is InChI=1S/C19H14F2O2/c1-13-10-17(20)19(18(21)11-13)23-16-9-5-8-15(12-16)22-14-6-3-2-4-7-14/h2-12H,1H3. The Hall–Kier alpha value is -2.88. The van der Waals surface area contributed by atoms with Crippen LogP contribution in [-0.2, 0) is 0 Å². The van der Waals surface area contributed by atoms with Gasteiger partial charge in [0.1, 0.15) is 17.2 Å². The van der Waals surface area contributed by atoms with Gasteiger partial charge in [0.05, 0.1) is 0 Å². The van der Waals surface area contributed by atoms with Crippen LogP contribution in [0.1, 0.15) is 5.56 Å². The number of halogens is 2. The molecule has 4 heteroatoms. The summed E-state index contributed by atoms with van der Waals surface area (Å²) in [4.78, 5) is 0. The van der Waals surface area contributed by atoms with Crippen molar-refractivity contribution in [2.45, 2.75) is 6.92 Å². The summed E-state index contributed by atoms with van der Waals surface area (Å²) in [5.74, 6) is -0.430. The SMILES string of the molecule is Cc1cc(F)c(Oc2cccc(Oc3ccccc3)c2)c(F)c1. The Bertz CT molecular complexity index is 794. The largest absolute Gasteiger partial charge is 0.457 e. The molecule has 0 aliphatic carbocycles. The zero-order valence-corrected chi connectivity index (χ0v) is 12.4. The lowest BCUT2D eigenvalue weighted by Crippen LogP contribution is -1.94. The highest BCUT2D eigenvalue weighted by Gasteiger charge is 2.13. The van der Waals surface area contributed by atoms with Crippen LogP contribution in [0.5, 0.6) is 23.0 Å². The summed E-state index contributed by atoms with van der Waals surface area (Å²) in [6.07, 6.45) is 0. The Morgan fingerprint density at radius 3 is 1.87 bits per heavy atom. The van der Waals surface area contributed by atoms with Gasteiger partial charge in [0.25, 0.3) is 0 Å². The predicted octanol–water partition coefficient (Wildman–Crippen LogP) is 5.86. The molecule has 0 amide bonds. The van der Waals surface area contributed by atoms with Crippen molar-refractivity contribution < 1.29 is 18.3 Å². The number of rotatable bonds is 4. The lowest BCUT2D eigenvalue weighted by Gasteiger charge is -2.10. The summed E-state index contributed by atoms with van der Waals surface area (Å²) in [6.45, 7) is 1.62. The van der Waals surface area contributed by atoms with Crippen LogP contribution in [0.4, 0.5) is 8.78 Å². The first kappa shape index (κ1) is 15.0. The van der Waals surface area contributed by atoms with E-state index >= 15 is 0 Å². The first-order valence-corrected chi connectivity index (χ1v) is 7.08. The summed E-state index contributed by atoms with van der Waals surface area (Å²) in [6, 6.07) is 18.3. The van der Waals surface area contributed by atoms with E-state index < -0.39 is 17.4 Å². The molecule has 0 bridgehead atoms. The van der Waals surface area contributed by atoms with Crippen LogP contribution in [0.25, 0.3) is 0 Å². The molecule has 0 aliphatic heterocycles. The van der Waals surface area contributed by atoms with Gasteiger partial charge in [-0.15, -0.1) is 0 Å². The normalized spacial score (nSPS) is 10.4. The molecule has 23 heavy (non-hydrogen) atoms. The Morgan fingerprint density at radius 2 is 1.22 bits per heavy atom. The van der Waals surface area contributed by atoms with E-state index in [-0.39, 0.29) is 0 Å². The van der Waals surface area contributed by atoms with E-state index in [2.05, 4.69) is 0 Å². The van der Waals surface area contributed by atoms with Crippen LogP contribution in [0.2, 0.25) is 0 Å². The van der Waals surface area contributed by atoms with Gasteiger partial charge in [0.15, 0.2) is 17.4 Å². The second-order valence-electron chi connectivity index (χ2n) is 5.05. The molecule has 3 aromatic rings. The molecule has 0 fully saturated rings. The van der Waals surface area contributed by atoms with Crippen molar-refractivity contribution in [3.05, 3.63) is 83.9 Å². The number of hydrogen-bond donors (Lipinski definition) is 0. The summed E-state index contributed by atoms with van der Waals surface area (Å²) in [5.41, 5.74) is 0.494. The van der Waals surface area contributed by atoms with Gasteiger partial charge in [-0.3, -0.25) is 0 Å². The molecule has 0 heterocycles. The topological polar surface area (TPSA) is 18.5 Å². The van der Waals surface area contributed by atoms with E-state index in [1.54, 1.807) is 31.2 Å². The van der Waals surface area contributed by atoms with Crippen LogP contribution in [-0.4, -0.2) is 0 Å². The predicted molar refractivity (Wildman–Crippen MR) is 84.1 cm³/mol. The minimum atomic E-state index is -0.739. The fourth-order valence-electron chi connectivity index (χ4n) is 2.13. The van der Waals surface area contributed by atoms with Crippen LogP contribution in [0, 0.1) is 18.6 Å². The Balaban J connectivity index is 1.83. The van der Waals surface area contributed by atoms with E-state index in [0.29, 0.717) is 22.8 Å². The van der Waals surface area contributed by atoms with Gasteiger partial charge in [0.2, 0.25) is 0 Å². The number of aryl methyl sites for hydroxylation is 1. The van der Waals surface area contributed by atoms with Crippen LogP contribution < -0.4 is 9.47 Å². The van der Waals surface area contributed by atoms with E-state index in [4.69, 9.17) is 9.47 Å². The van der Waals surface area contributed by atoms with Crippen molar-refractivity contribution in [2.75, 3.05) is 0 Å². The Labute approximate surface area is 132 Å². The molecule has 2 nitrogen and oxygen atoms in total. The second-order valence-corrected chi connectivity index (χ2v) is 5.05. The van der Waals surface area contributed by atoms with Gasteiger partial charge in [-0.25, -0.2) is 8.78 Å². The van der Waals surface area contributed by atoms with E-state index in [1.165, 1.54) is 12.1 Å². The molecule has 0 saturated carbocycles. The first-order valence-electron chi connectivity index (χ1n) is 7.08. The van der Waals surface area contributed by atoms with E-state index in [1.807, 2.05) is 30.3 Å². The maximum atomic E-state index is 13.8. The van der Waals surface area contributed by atoms with Gasteiger partial charge in [-0.05, 0) is 48.9 Å². The Morgan fingerprint density at radius 1 is 0.652 bits per heavy atom. The summed E-state index contributed by atoms with van der Waals surface area (Å²) in [7, 11) is 0. The van der Waals surface area contributed by atoms with Gasteiger partial charge < -0.3 is 9.47 Å². The molecule has 3 aromatic carbocycles. The molecule has 0 aromatic heterocycles. The van der Waals surface area contributed by atoms with Crippen molar-refractivity contribution in [1.29, 1.82) is 0 Å². The van der Waals surface area contributed by atoms with Gasteiger partial charge in [-0.2, -0.15) is 0 Å². The average Bonchev–Trinajstić information content (AvgIpc) is 2.52. The molecule has 0 N–H and O–H groups in total. The molecule has 116 valence electrons. The molecular weight excluding hydrogens is 298 g/mol. The van der Waals surface area contributed by atoms with Crippen LogP contribution in [0.3, 0.4) is 0 Å². The highest BCUT2D eigenvalue weighted by atomic mass is 19.1. The fraction of sp³-hybridized carbons (Fsp3) is 0.0526. The third kappa shape index (κ3) is 3.66. The summed E-state index contributed by atoms with van der Waals surface area (Å²) in [5, 5.41) is 0. The number of benzene rings is 3. The van der Waals surface area contributed by atoms with E-state index in [0.717, 1.165) is 0 Å². The minimum Gasteiger partial charge on any atom is -0.457 e. The lowest BCUT2D eigenvalue weighted by atomic mass is 10.2. The monoisotopic (exact) mass is 312 g/mol. The molecule has 0 aliphatic rings. The highest BCUT2D eigenvalue weighted by molar-refractivity contribution is 5.40. The van der Waals surface area contributed by atoms with Crippen molar-refractivity contribution in [2.24, 2.45) is 0 Å². The zero-order valence-electron chi connectivity index (χ0n) is 12.4. The van der Waals surface area contributed by atoms with Crippen LogP contribution in [0.15, 0.2) is 66.7 Å². The first-order chi connectivity index (χ1) is 11.1. The van der Waals surface area contributed by atoms with Gasteiger partial charge >= 0.3 is 0 Å². The van der Waals surface area contributed by atoms with E-state index in [9.17, 15) is 8.78 Å². The number of para-hydroxylation sites is 1. The number of ether oxygens (including phenoxy) is 2. The molecular formula is C19H14F2O2. The molecule has 3 rings (SSSR count). The fourth-order valence-corrected chi connectivity index (χ4v) is 2.13. The minimum absolute atomic E-state index is 0.292. The smallest absolute Gasteiger partial charge is 0.198 e.